The fourth-order valence-corrected chi connectivity index (χ4v) is 4.99. The van der Waals surface area contributed by atoms with Crippen molar-refractivity contribution in [2.24, 2.45) is 0 Å². The van der Waals surface area contributed by atoms with Gasteiger partial charge in [0.1, 0.15) is 0 Å². The van der Waals surface area contributed by atoms with Crippen LogP contribution < -0.4 is 19.7 Å². The van der Waals surface area contributed by atoms with Gasteiger partial charge in [0.05, 0.1) is 30.7 Å². The van der Waals surface area contributed by atoms with E-state index in [4.69, 9.17) is 14.2 Å². The summed E-state index contributed by atoms with van der Waals surface area (Å²) in [5, 5.41) is 12.8. The van der Waals surface area contributed by atoms with Gasteiger partial charge in [0.15, 0.2) is 16.7 Å². The van der Waals surface area contributed by atoms with Crippen LogP contribution in [0.3, 0.4) is 0 Å². The molecule has 1 amide bonds. The number of ether oxygens (including phenoxy) is 3. The highest BCUT2D eigenvalue weighted by Gasteiger charge is 2.24. The molecule has 0 aliphatic carbocycles. The van der Waals surface area contributed by atoms with Gasteiger partial charge in [0.2, 0.25) is 18.6 Å². The highest BCUT2D eigenvalue weighted by molar-refractivity contribution is 7.99. The van der Waals surface area contributed by atoms with Crippen molar-refractivity contribution in [3.05, 3.63) is 53.6 Å². The predicted molar refractivity (Wildman–Crippen MR) is 134 cm³/mol. The fraction of sp³-hybridized carbons (Fsp3) is 0.400. The van der Waals surface area contributed by atoms with Crippen LogP contribution in [0.1, 0.15) is 31.0 Å². The molecule has 10 heteroatoms. The molecule has 184 valence electrons. The summed E-state index contributed by atoms with van der Waals surface area (Å²) in [5.74, 6) is 2.36. The first-order valence-electron chi connectivity index (χ1n) is 11.8. The van der Waals surface area contributed by atoms with E-state index in [1.807, 2.05) is 37.3 Å². The molecule has 2 aromatic carbocycles. The van der Waals surface area contributed by atoms with Crippen molar-refractivity contribution in [3.8, 4) is 17.2 Å². The summed E-state index contributed by atoms with van der Waals surface area (Å²) in [6.07, 6.45) is 0.883. The summed E-state index contributed by atoms with van der Waals surface area (Å²) < 4.78 is 18.4. The van der Waals surface area contributed by atoms with Crippen LogP contribution >= 0.6 is 11.8 Å². The minimum atomic E-state index is -0.166. The molecule has 0 radical (unpaired) electrons. The van der Waals surface area contributed by atoms with Gasteiger partial charge in [-0.2, -0.15) is 0 Å². The van der Waals surface area contributed by atoms with Crippen LogP contribution in [0, 0.1) is 0 Å². The second kappa shape index (κ2) is 10.6. The lowest BCUT2D eigenvalue weighted by molar-refractivity contribution is -0.119. The molecule has 0 bridgehead atoms. The summed E-state index contributed by atoms with van der Waals surface area (Å²) in [7, 11) is 0. The molecule has 1 fully saturated rings. The van der Waals surface area contributed by atoms with Crippen molar-refractivity contribution in [2.75, 3.05) is 43.7 Å². The van der Waals surface area contributed by atoms with E-state index < -0.39 is 0 Å². The van der Waals surface area contributed by atoms with Crippen LogP contribution in [0.15, 0.2) is 47.6 Å². The Hall–Kier alpha value is -3.24. The topological polar surface area (TPSA) is 90.7 Å². The molecule has 9 nitrogen and oxygen atoms in total. The lowest BCUT2D eigenvalue weighted by Crippen LogP contribution is -2.38. The quantitative estimate of drug-likeness (QED) is 0.476. The number of anilines is 1. The Morgan fingerprint density at radius 1 is 1.11 bits per heavy atom. The SMILES string of the molecule is CCc1ccccc1-n1c(SCC(=O)N[C@H](C)c2ccc3c(c2)OCO3)nnc1N1CCOCC1. The number of thioether (sulfide) groups is 1. The van der Waals surface area contributed by atoms with E-state index in [0.717, 1.165) is 42.5 Å². The number of rotatable bonds is 8. The van der Waals surface area contributed by atoms with Crippen LogP contribution in [-0.4, -0.2) is 59.5 Å². The minimum Gasteiger partial charge on any atom is -0.454 e. The number of amides is 1. The average molecular weight is 496 g/mol. The zero-order valence-corrected chi connectivity index (χ0v) is 20.7. The lowest BCUT2D eigenvalue weighted by atomic mass is 10.1. The number of carbonyl (C=O) groups excluding carboxylic acids is 1. The minimum absolute atomic E-state index is 0.0774. The number of benzene rings is 2. The van der Waals surface area contributed by atoms with Crippen molar-refractivity contribution in [2.45, 2.75) is 31.5 Å². The Kier molecular flexibility index (Phi) is 7.10. The van der Waals surface area contributed by atoms with Crippen LogP contribution in [0.4, 0.5) is 5.95 Å². The summed E-state index contributed by atoms with van der Waals surface area (Å²) in [4.78, 5) is 15.0. The zero-order valence-electron chi connectivity index (χ0n) is 19.9. The summed E-state index contributed by atoms with van der Waals surface area (Å²) in [6, 6.07) is 13.8. The van der Waals surface area contributed by atoms with E-state index in [9.17, 15) is 4.79 Å². The highest BCUT2D eigenvalue weighted by atomic mass is 32.2. The molecule has 0 saturated carbocycles. The van der Waals surface area contributed by atoms with Gasteiger partial charge in [-0.15, -0.1) is 10.2 Å². The molecule has 1 aromatic heterocycles. The van der Waals surface area contributed by atoms with E-state index >= 15 is 0 Å². The second-order valence-electron chi connectivity index (χ2n) is 8.39. The van der Waals surface area contributed by atoms with Gasteiger partial charge in [-0.25, -0.2) is 0 Å². The number of nitrogens with zero attached hydrogens (tertiary/aromatic N) is 4. The zero-order chi connectivity index (χ0) is 24.2. The number of hydrogen-bond donors (Lipinski definition) is 1. The second-order valence-corrected chi connectivity index (χ2v) is 9.33. The number of carbonyl (C=O) groups is 1. The van der Waals surface area contributed by atoms with E-state index in [0.29, 0.717) is 24.1 Å². The van der Waals surface area contributed by atoms with Crippen molar-refractivity contribution >= 4 is 23.6 Å². The first-order valence-corrected chi connectivity index (χ1v) is 12.8. The normalized spacial score (nSPS) is 15.8. The lowest BCUT2D eigenvalue weighted by Gasteiger charge is -2.28. The Labute approximate surface area is 208 Å². The number of nitrogens with one attached hydrogen (secondary N) is 1. The number of morpholine rings is 1. The molecule has 2 aliphatic rings. The molecule has 1 saturated heterocycles. The van der Waals surface area contributed by atoms with Crippen molar-refractivity contribution < 1.29 is 19.0 Å². The maximum Gasteiger partial charge on any atom is 0.232 e. The number of hydrogen-bond acceptors (Lipinski definition) is 8. The van der Waals surface area contributed by atoms with E-state index in [1.165, 1.54) is 17.3 Å². The third-order valence-corrected chi connectivity index (χ3v) is 7.06. The van der Waals surface area contributed by atoms with Crippen LogP contribution in [0.25, 0.3) is 5.69 Å². The molecular formula is C25H29N5O4S. The standard InChI is InChI=1S/C25H29N5O4S/c1-3-18-6-4-5-7-20(18)30-24(29-10-12-32-13-11-29)27-28-25(30)35-15-23(31)26-17(2)19-8-9-21-22(14-19)34-16-33-21/h4-9,14,17H,3,10-13,15-16H2,1-2H3,(H,26,31)/t17-/m1/s1. The van der Waals surface area contributed by atoms with Crippen molar-refractivity contribution in [3.63, 3.8) is 0 Å². The third-order valence-electron chi connectivity index (χ3n) is 6.13. The van der Waals surface area contributed by atoms with E-state index in [1.54, 1.807) is 0 Å². The Morgan fingerprint density at radius 3 is 2.74 bits per heavy atom. The molecule has 0 unspecified atom stereocenters. The Morgan fingerprint density at radius 2 is 1.91 bits per heavy atom. The van der Waals surface area contributed by atoms with Gasteiger partial charge >= 0.3 is 0 Å². The molecule has 3 heterocycles. The predicted octanol–water partition coefficient (Wildman–Crippen LogP) is 3.36. The number of aryl methyl sites for hydroxylation is 1. The number of aromatic nitrogens is 3. The van der Waals surface area contributed by atoms with Crippen molar-refractivity contribution in [1.82, 2.24) is 20.1 Å². The summed E-state index contributed by atoms with van der Waals surface area (Å²) in [6.45, 7) is 7.14. The third kappa shape index (κ3) is 5.08. The monoisotopic (exact) mass is 495 g/mol. The van der Waals surface area contributed by atoms with Crippen LogP contribution in [0.5, 0.6) is 11.5 Å². The molecule has 35 heavy (non-hydrogen) atoms. The van der Waals surface area contributed by atoms with Gasteiger partial charge in [-0.05, 0) is 42.7 Å². The Balaban J connectivity index is 1.32. The van der Waals surface area contributed by atoms with E-state index in [-0.39, 0.29) is 24.5 Å². The first kappa shape index (κ1) is 23.5. The fourth-order valence-electron chi connectivity index (χ4n) is 4.24. The van der Waals surface area contributed by atoms with Crippen LogP contribution in [0.2, 0.25) is 0 Å². The van der Waals surface area contributed by atoms with Gasteiger partial charge < -0.3 is 24.4 Å². The molecule has 1 N–H and O–H groups in total. The van der Waals surface area contributed by atoms with Crippen molar-refractivity contribution in [1.29, 1.82) is 0 Å². The van der Waals surface area contributed by atoms with Crippen LogP contribution in [-0.2, 0) is 16.0 Å². The first-order chi connectivity index (χ1) is 17.1. The summed E-state index contributed by atoms with van der Waals surface area (Å²) >= 11 is 1.39. The largest absolute Gasteiger partial charge is 0.454 e. The van der Waals surface area contributed by atoms with Gasteiger partial charge in [0.25, 0.3) is 0 Å². The van der Waals surface area contributed by atoms with Gasteiger partial charge in [-0.3, -0.25) is 9.36 Å². The molecule has 1 atom stereocenters. The van der Waals surface area contributed by atoms with E-state index in [2.05, 4.69) is 44.0 Å². The molecule has 0 spiro atoms. The molecule has 5 rings (SSSR count). The summed E-state index contributed by atoms with van der Waals surface area (Å²) in [5.41, 5.74) is 3.20. The number of para-hydroxylation sites is 1. The number of fused-ring (bicyclic) bond motifs is 1. The average Bonchev–Trinajstić information content (AvgIpc) is 3.54. The molecular weight excluding hydrogens is 466 g/mol. The highest BCUT2D eigenvalue weighted by Crippen LogP contribution is 2.34. The molecule has 2 aliphatic heterocycles. The van der Waals surface area contributed by atoms with Gasteiger partial charge in [-0.1, -0.05) is 43.0 Å². The Bertz CT molecular complexity index is 1190. The maximum atomic E-state index is 12.8. The maximum absolute atomic E-state index is 12.8. The van der Waals surface area contributed by atoms with Gasteiger partial charge in [0, 0.05) is 13.1 Å². The smallest absolute Gasteiger partial charge is 0.232 e. The molecule has 3 aromatic rings.